The monoisotopic (exact) mass is 532 g/mol. The molecule has 6 rings (SSSR count). The Hall–Kier alpha value is -4.58. The van der Waals surface area contributed by atoms with Crippen LogP contribution < -0.4 is 30.7 Å². The van der Waals surface area contributed by atoms with Crippen LogP contribution >= 0.6 is 0 Å². The van der Waals surface area contributed by atoms with Gasteiger partial charge in [0.05, 0.1) is 32.4 Å². The second-order valence-corrected chi connectivity index (χ2v) is 9.71. The number of Topliss-reactive ketones (excluding diaryl/α,β-unsaturated/α-hetero) is 1. The van der Waals surface area contributed by atoms with Gasteiger partial charge in [0.1, 0.15) is 28.4 Å². The number of fused-ring (bicyclic) bond motifs is 1. The first-order valence-corrected chi connectivity index (χ1v) is 12.6. The molecule has 1 saturated heterocycles. The molecule has 202 valence electrons. The molecular formula is C27H28N6O6. The van der Waals surface area contributed by atoms with Gasteiger partial charge in [-0.2, -0.15) is 0 Å². The summed E-state index contributed by atoms with van der Waals surface area (Å²) < 4.78 is 23.3. The van der Waals surface area contributed by atoms with Crippen LogP contribution in [0, 0.1) is 6.92 Å². The third-order valence-corrected chi connectivity index (χ3v) is 7.35. The summed E-state index contributed by atoms with van der Waals surface area (Å²) in [5.74, 6) is 2.92. The Balaban J connectivity index is 1.19. The number of amides is 1. The number of benzene rings is 2. The quantitative estimate of drug-likeness (QED) is 0.449. The molecule has 0 radical (unpaired) electrons. The van der Waals surface area contributed by atoms with Gasteiger partial charge in [0.25, 0.3) is 5.91 Å². The molecule has 0 aliphatic carbocycles. The predicted octanol–water partition coefficient (Wildman–Crippen LogP) is 2.58. The molecule has 0 bridgehead atoms. The maximum atomic E-state index is 13.5. The number of oxazole rings is 1. The summed E-state index contributed by atoms with van der Waals surface area (Å²) in [7, 11) is 3.06. The number of hydrazine groups is 2. The number of hydrogen-bond donors (Lipinski definition) is 3. The summed E-state index contributed by atoms with van der Waals surface area (Å²) in [5, 5.41) is 4.09. The molecule has 1 amide bonds. The molecule has 3 aliphatic rings. The Kier molecular flexibility index (Phi) is 6.10. The summed E-state index contributed by atoms with van der Waals surface area (Å²) in [6.07, 6.45) is 2.93. The van der Waals surface area contributed by atoms with Crippen molar-refractivity contribution < 1.29 is 28.2 Å². The highest BCUT2D eigenvalue weighted by molar-refractivity contribution is 6.05. The minimum Gasteiger partial charge on any atom is -0.496 e. The zero-order valence-electron chi connectivity index (χ0n) is 21.8. The topological polar surface area (TPSA) is 140 Å². The van der Waals surface area contributed by atoms with Gasteiger partial charge in [-0.15, -0.1) is 10.6 Å². The lowest BCUT2D eigenvalue weighted by molar-refractivity contribution is -0.00573. The lowest BCUT2D eigenvalue weighted by Crippen LogP contribution is -2.52. The molecule has 1 fully saturated rings. The van der Waals surface area contributed by atoms with E-state index in [1.807, 2.05) is 6.07 Å². The van der Waals surface area contributed by atoms with E-state index in [0.717, 1.165) is 5.56 Å². The van der Waals surface area contributed by atoms with Crippen molar-refractivity contribution in [3.63, 3.8) is 0 Å². The van der Waals surface area contributed by atoms with Crippen LogP contribution in [0.2, 0.25) is 0 Å². The lowest BCUT2D eigenvalue weighted by Gasteiger charge is -2.44. The molecule has 3 N–H and O–H groups in total. The number of rotatable bonds is 5. The van der Waals surface area contributed by atoms with Crippen molar-refractivity contribution in [2.75, 3.05) is 27.3 Å². The van der Waals surface area contributed by atoms with Gasteiger partial charge in [0, 0.05) is 44.0 Å². The average Bonchev–Trinajstić information content (AvgIpc) is 3.64. The van der Waals surface area contributed by atoms with Gasteiger partial charge < -0.3 is 23.5 Å². The maximum Gasteiger partial charge on any atom is 0.254 e. The van der Waals surface area contributed by atoms with E-state index in [-0.39, 0.29) is 18.1 Å². The summed E-state index contributed by atoms with van der Waals surface area (Å²) >= 11 is 0. The number of piperidine rings is 1. The third kappa shape index (κ3) is 4.42. The fraction of sp³-hybridized carbons (Fsp3) is 0.333. The van der Waals surface area contributed by atoms with Gasteiger partial charge in [0.15, 0.2) is 23.3 Å². The number of ketones is 1. The van der Waals surface area contributed by atoms with E-state index in [1.165, 1.54) is 14.2 Å². The van der Waals surface area contributed by atoms with Crippen molar-refractivity contribution in [2.24, 2.45) is 5.10 Å². The number of nitrogens with zero attached hydrogens (tertiary/aromatic N) is 3. The lowest BCUT2D eigenvalue weighted by atomic mass is 9.82. The van der Waals surface area contributed by atoms with Crippen LogP contribution in [0.3, 0.4) is 0 Å². The van der Waals surface area contributed by atoms with Gasteiger partial charge in [0.2, 0.25) is 0 Å². The molecule has 12 nitrogen and oxygen atoms in total. The number of hydrogen-bond acceptors (Lipinski definition) is 11. The van der Waals surface area contributed by atoms with Gasteiger partial charge >= 0.3 is 0 Å². The fourth-order valence-electron chi connectivity index (χ4n) is 5.31. The highest BCUT2D eigenvalue weighted by atomic mass is 16.5. The average molecular weight is 533 g/mol. The van der Waals surface area contributed by atoms with Crippen molar-refractivity contribution in [3.05, 3.63) is 59.1 Å². The smallest absolute Gasteiger partial charge is 0.254 e. The molecule has 0 unspecified atom stereocenters. The van der Waals surface area contributed by atoms with Gasteiger partial charge in [-0.05, 0) is 30.3 Å². The highest BCUT2D eigenvalue weighted by Crippen LogP contribution is 2.42. The van der Waals surface area contributed by atoms with Crippen LogP contribution in [-0.4, -0.2) is 60.3 Å². The van der Waals surface area contributed by atoms with Crippen molar-refractivity contribution in [2.45, 2.75) is 31.8 Å². The van der Waals surface area contributed by atoms with Gasteiger partial charge in [-0.25, -0.2) is 10.5 Å². The molecule has 2 aromatic carbocycles. The Morgan fingerprint density at radius 2 is 1.85 bits per heavy atom. The van der Waals surface area contributed by atoms with E-state index in [2.05, 4.69) is 26.6 Å². The molecule has 1 spiro atoms. The fourth-order valence-corrected chi connectivity index (χ4v) is 5.31. The van der Waals surface area contributed by atoms with Crippen LogP contribution in [0.5, 0.6) is 17.2 Å². The van der Waals surface area contributed by atoms with Crippen molar-refractivity contribution in [1.82, 2.24) is 26.4 Å². The second-order valence-electron chi connectivity index (χ2n) is 9.71. The maximum absolute atomic E-state index is 13.5. The number of methoxy groups -OCH3 is 2. The zero-order valence-corrected chi connectivity index (χ0v) is 21.8. The van der Waals surface area contributed by atoms with E-state index in [9.17, 15) is 9.59 Å². The SMILES string of the molecule is COc1cc(C(=O)N2CCC3(CC2)CC(=O)c2cc(C4=NNNN4)ccc2O3)cc(OC)c1-c1cnc(C)o1. The molecule has 0 atom stereocenters. The number of aryl methyl sites for hydroxylation is 1. The third-order valence-electron chi connectivity index (χ3n) is 7.35. The predicted molar refractivity (Wildman–Crippen MR) is 140 cm³/mol. The number of amidine groups is 1. The van der Waals surface area contributed by atoms with Crippen LogP contribution in [-0.2, 0) is 0 Å². The van der Waals surface area contributed by atoms with Crippen LogP contribution in [0.1, 0.15) is 51.4 Å². The van der Waals surface area contributed by atoms with E-state index in [0.29, 0.717) is 77.4 Å². The summed E-state index contributed by atoms with van der Waals surface area (Å²) in [6.45, 7) is 2.65. The molecule has 1 aromatic heterocycles. The van der Waals surface area contributed by atoms with Crippen molar-refractivity contribution in [3.8, 4) is 28.6 Å². The molecular weight excluding hydrogens is 504 g/mol. The molecule has 39 heavy (non-hydrogen) atoms. The summed E-state index contributed by atoms with van der Waals surface area (Å²) in [5.41, 5.74) is 9.88. The number of carbonyl (C=O) groups excluding carboxylic acids is 2. The van der Waals surface area contributed by atoms with Crippen LogP contribution in [0.4, 0.5) is 0 Å². The highest BCUT2D eigenvalue weighted by Gasteiger charge is 2.44. The van der Waals surface area contributed by atoms with Crippen molar-refractivity contribution >= 4 is 17.5 Å². The van der Waals surface area contributed by atoms with Crippen LogP contribution in [0.15, 0.2) is 46.0 Å². The number of nitrogens with one attached hydrogen (secondary N) is 3. The van der Waals surface area contributed by atoms with Gasteiger partial charge in [-0.1, -0.05) is 0 Å². The molecule has 3 aromatic rings. The number of ether oxygens (including phenoxy) is 3. The summed E-state index contributed by atoms with van der Waals surface area (Å²) in [4.78, 5) is 32.6. The van der Waals surface area contributed by atoms with Gasteiger partial charge in [-0.3, -0.25) is 15.0 Å². The minimum absolute atomic E-state index is 0.0186. The number of hydrazone groups is 1. The zero-order chi connectivity index (χ0) is 27.1. The molecule has 0 saturated carbocycles. The Bertz CT molecular complexity index is 1460. The second kappa shape index (κ2) is 9.62. The van der Waals surface area contributed by atoms with E-state index in [1.54, 1.807) is 42.3 Å². The standard InChI is InChI=1S/C27H28N6O6/c1-15-28-14-23(38-15)24-21(36-2)11-17(12-22(24)37-3)26(35)33-8-6-27(7-9-33)13-19(34)18-10-16(4-5-20(18)39-27)25-29-31-32-30-25/h4-5,10-12,14,31-32H,6-9,13H2,1-3H3,(H,29,30). The minimum atomic E-state index is -0.641. The first-order chi connectivity index (χ1) is 18.9. The van der Waals surface area contributed by atoms with Crippen molar-refractivity contribution in [1.29, 1.82) is 0 Å². The largest absolute Gasteiger partial charge is 0.496 e. The first-order valence-electron chi connectivity index (χ1n) is 12.6. The Morgan fingerprint density at radius 3 is 2.46 bits per heavy atom. The normalized spacial score (nSPS) is 17.6. The number of aromatic nitrogens is 1. The Labute approximate surface area is 224 Å². The van der Waals surface area contributed by atoms with E-state index < -0.39 is 5.60 Å². The Morgan fingerprint density at radius 1 is 1.10 bits per heavy atom. The van der Waals surface area contributed by atoms with E-state index >= 15 is 0 Å². The first kappa shape index (κ1) is 24.7. The van der Waals surface area contributed by atoms with E-state index in [4.69, 9.17) is 18.6 Å². The number of carbonyl (C=O) groups is 2. The molecule has 3 aliphatic heterocycles. The molecule has 12 heteroatoms. The number of likely N-dealkylation sites (tertiary alicyclic amines) is 1. The van der Waals surface area contributed by atoms with Crippen LogP contribution in [0.25, 0.3) is 11.3 Å². The summed E-state index contributed by atoms with van der Waals surface area (Å²) in [6, 6.07) is 8.82. The molecule has 4 heterocycles.